The molecule has 1 heterocycles. The number of hydrogen-bond acceptors (Lipinski definition) is 7. The number of esters is 1. The number of benzene rings is 3. The van der Waals surface area contributed by atoms with E-state index in [2.05, 4.69) is 5.32 Å². The van der Waals surface area contributed by atoms with Crippen LogP contribution in [0.25, 0.3) is 0 Å². The minimum atomic E-state index is -3.93. The van der Waals surface area contributed by atoms with Crippen molar-refractivity contribution in [1.82, 2.24) is 4.31 Å². The van der Waals surface area contributed by atoms with Crippen molar-refractivity contribution in [3.05, 3.63) is 98.0 Å². The molecule has 13 heteroatoms. The molecule has 1 N–H and O–H groups in total. The number of sulfonamides is 1. The van der Waals surface area contributed by atoms with Gasteiger partial charge >= 0.3 is 5.97 Å². The molecular weight excluding hydrogens is 557 g/mol. The smallest absolute Gasteiger partial charge is 0.339 e. The van der Waals surface area contributed by atoms with Crippen LogP contribution in [0.4, 0.5) is 11.4 Å². The molecule has 1 aliphatic rings. The van der Waals surface area contributed by atoms with E-state index in [1.54, 1.807) is 30.3 Å². The number of anilines is 1. The Morgan fingerprint density at radius 3 is 2.29 bits per heavy atom. The summed E-state index contributed by atoms with van der Waals surface area (Å²) < 4.78 is 32.9. The maximum absolute atomic E-state index is 13.2. The summed E-state index contributed by atoms with van der Waals surface area (Å²) in [5.41, 5.74) is 0.0238. The SMILES string of the molecule is O=C(O[C@@H](C(=O)Nc1ccc([N+](=O)[O-])cc1Cl)c1ccccc1)c1ccc(Cl)c(S(=O)(=O)N2CCCC2)c1. The highest BCUT2D eigenvalue weighted by atomic mass is 35.5. The number of halogens is 2. The lowest BCUT2D eigenvalue weighted by atomic mass is 10.1. The van der Waals surface area contributed by atoms with Crippen LogP contribution < -0.4 is 5.32 Å². The minimum absolute atomic E-state index is 0.0429. The summed E-state index contributed by atoms with van der Waals surface area (Å²) in [6.45, 7) is 0.712. The van der Waals surface area contributed by atoms with E-state index in [-0.39, 0.29) is 31.9 Å². The molecule has 0 spiro atoms. The molecule has 38 heavy (non-hydrogen) atoms. The Morgan fingerprint density at radius 1 is 0.974 bits per heavy atom. The Kier molecular flexibility index (Phi) is 8.32. The van der Waals surface area contributed by atoms with Gasteiger partial charge in [-0.15, -0.1) is 0 Å². The van der Waals surface area contributed by atoms with Crippen LogP contribution in [0.3, 0.4) is 0 Å². The van der Waals surface area contributed by atoms with Gasteiger partial charge in [-0.2, -0.15) is 4.31 Å². The van der Waals surface area contributed by atoms with Gasteiger partial charge in [0, 0.05) is 30.8 Å². The van der Waals surface area contributed by atoms with Crippen molar-refractivity contribution in [2.45, 2.75) is 23.8 Å². The molecule has 0 aliphatic carbocycles. The van der Waals surface area contributed by atoms with Gasteiger partial charge in [-0.3, -0.25) is 14.9 Å². The Hall–Kier alpha value is -3.51. The molecule has 4 rings (SSSR count). The van der Waals surface area contributed by atoms with E-state index >= 15 is 0 Å². The minimum Gasteiger partial charge on any atom is -0.444 e. The lowest BCUT2D eigenvalue weighted by Gasteiger charge is -2.20. The fourth-order valence-corrected chi connectivity index (χ4v) is 6.13. The molecule has 0 radical (unpaired) electrons. The second-order valence-electron chi connectivity index (χ2n) is 8.36. The van der Waals surface area contributed by atoms with E-state index in [1.807, 2.05) is 0 Å². The van der Waals surface area contributed by atoms with Crippen molar-refractivity contribution in [3.63, 3.8) is 0 Å². The fourth-order valence-electron chi connectivity index (χ4n) is 3.89. The number of hydrogen-bond donors (Lipinski definition) is 1. The van der Waals surface area contributed by atoms with Gasteiger partial charge < -0.3 is 10.1 Å². The van der Waals surface area contributed by atoms with Gasteiger partial charge in [0.05, 0.1) is 26.2 Å². The van der Waals surface area contributed by atoms with Crippen LogP contribution in [0.2, 0.25) is 10.0 Å². The Balaban J connectivity index is 1.61. The number of carbonyl (C=O) groups is 2. The Labute approximate surface area is 228 Å². The predicted octanol–water partition coefficient (Wildman–Crippen LogP) is 5.22. The number of nitro groups is 1. The van der Waals surface area contributed by atoms with Crippen molar-refractivity contribution >= 4 is 56.5 Å². The zero-order valence-electron chi connectivity index (χ0n) is 19.7. The molecular formula is C25H21Cl2N3O7S. The number of nitrogens with one attached hydrogen (secondary N) is 1. The highest BCUT2D eigenvalue weighted by Gasteiger charge is 2.31. The molecule has 0 unspecified atom stereocenters. The molecule has 3 aromatic carbocycles. The number of rotatable bonds is 8. The summed E-state index contributed by atoms with van der Waals surface area (Å²) in [4.78, 5) is 36.4. The van der Waals surface area contributed by atoms with Gasteiger partial charge in [0.25, 0.3) is 11.6 Å². The summed E-state index contributed by atoms with van der Waals surface area (Å²) in [5, 5.41) is 13.4. The highest BCUT2D eigenvalue weighted by molar-refractivity contribution is 7.89. The summed E-state index contributed by atoms with van der Waals surface area (Å²) in [6.07, 6.45) is 0.000439. The molecule has 1 amide bonds. The molecule has 1 atom stereocenters. The van der Waals surface area contributed by atoms with Gasteiger partial charge in [0.15, 0.2) is 0 Å². The monoisotopic (exact) mass is 577 g/mol. The maximum Gasteiger partial charge on any atom is 0.339 e. The summed E-state index contributed by atoms with van der Waals surface area (Å²) in [7, 11) is -3.93. The fraction of sp³-hybridized carbons (Fsp3) is 0.200. The van der Waals surface area contributed by atoms with Crippen LogP contribution in [-0.2, 0) is 19.6 Å². The summed E-state index contributed by atoms with van der Waals surface area (Å²) >= 11 is 12.3. The van der Waals surface area contributed by atoms with Crippen LogP contribution in [0.5, 0.6) is 0 Å². The predicted molar refractivity (Wildman–Crippen MR) is 141 cm³/mol. The zero-order chi connectivity index (χ0) is 27.4. The Morgan fingerprint density at radius 2 is 1.66 bits per heavy atom. The van der Waals surface area contributed by atoms with Crippen LogP contribution in [-0.4, -0.2) is 42.6 Å². The number of ether oxygens (including phenoxy) is 1. The largest absolute Gasteiger partial charge is 0.444 e. The normalized spacial score (nSPS) is 14.6. The molecule has 0 saturated carbocycles. The van der Waals surface area contributed by atoms with Crippen molar-refractivity contribution in [2.75, 3.05) is 18.4 Å². The van der Waals surface area contributed by atoms with E-state index in [4.69, 9.17) is 27.9 Å². The van der Waals surface area contributed by atoms with Gasteiger partial charge in [-0.1, -0.05) is 53.5 Å². The van der Waals surface area contributed by atoms with Crippen molar-refractivity contribution in [1.29, 1.82) is 0 Å². The van der Waals surface area contributed by atoms with Crippen LogP contribution in [0.1, 0.15) is 34.9 Å². The third-order valence-corrected chi connectivity index (χ3v) is 8.53. The van der Waals surface area contributed by atoms with E-state index in [0.717, 1.165) is 25.0 Å². The first-order valence-corrected chi connectivity index (χ1v) is 13.6. The second-order valence-corrected chi connectivity index (χ2v) is 11.1. The third kappa shape index (κ3) is 5.97. The average Bonchev–Trinajstić information content (AvgIpc) is 3.45. The maximum atomic E-state index is 13.2. The second kappa shape index (κ2) is 11.5. The molecule has 3 aromatic rings. The van der Waals surface area contributed by atoms with E-state index < -0.39 is 32.9 Å². The van der Waals surface area contributed by atoms with E-state index in [9.17, 15) is 28.1 Å². The van der Waals surface area contributed by atoms with Crippen LogP contribution >= 0.6 is 23.2 Å². The van der Waals surface area contributed by atoms with Crippen molar-refractivity contribution < 1.29 is 27.7 Å². The first-order chi connectivity index (χ1) is 18.1. The molecule has 0 aromatic heterocycles. The van der Waals surface area contributed by atoms with Gasteiger partial charge in [0.1, 0.15) is 4.90 Å². The summed E-state index contributed by atoms with van der Waals surface area (Å²) in [5.74, 6) is -1.74. The molecule has 0 bridgehead atoms. The average molecular weight is 578 g/mol. The molecule has 1 aliphatic heterocycles. The number of amides is 1. The highest BCUT2D eigenvalue weighted by Crippen LogP contribution is 2.31. The Bertz CT molecular complexity index is 1490. The van der Waals surface area contributed by atoms with E-state index in [0.29, 0.717) is 18.7 Å². The van der Waals surface area contributed by atoms with Crippen LogP contribution in [0.15, 0.2) is 71.6 Å². The van der Waals surface area contributed by atoms with E-state index in [1.165, 1.54) is 28.6 Å². The standard InChI is InChI=1S/C25H21Cl2N3O7S/c26-19-10-8-17(14-22(19)38(35,36)29-12-4-5-13-29)25(32)37-23(16-6-2-1-3-7-16)24(31)28-21-11-9-18(30(33)34)15-20(21)27/h1-3,6-11,14-15,23H,4-5,12-13H2,(H,28,31)/t23-/m1/s1. The summed E-state index contributed by atoms with van der Waals surface area (Å²) in [6, 6.07) is 15.4. The zero-order valence-corrected chi connectivity index (χ0v) is 22.0. The van der Waals surface area contributed by atoms with Gasteiger partial charge in [0.2, 0.25) is 16.1 Å². The molecule has 10 nitrogen and oxygen atoms in total. The van der Waals surface area contributed by atoms with Crippen molar-refractivity contribution in [2.24, 2.45) is 0 Å². The van der Waals surface area contributed by atoms with Crippen molar-refractivity contribution in [3.8, 4) is 0 Å². The van der Waals surface area contributed by atoms with Gasteiger partial charge in [-0.05, 0) is 37.1 Å². The molecule has 198 valence electrons. The van der Waals surface area contributed by atoms with Crippen LogP contribution in [0, 0.1) is 10.1 Å². The van der Waals surface area contributed by atoms with Gasteiger partial charge in [-0.25, -0.2) is 13.2 Å². The number of nitro benzene ring substituents is 1. The lowest BCUT2D eigenvalue weighted by molar-refractivity contribution is -0.384. The number of carbonyl (C=O) groups excluding carboxylic acids is 2. The molecule has 1 saturated heterocycles. The lowest BCUT2D eigenvalue weighted by Crippen LogP contribution is -2.28. The molecule has 1 fully saturated rings. The first-order valence-electron chi connectivity index (χ1n) is 11.4. The number of nitrogens with zero attached hydrogens (tertiary/aromatic N) is 2. The quantitative estimate of drug-likeness (QED) is 0.220. The third-order valence-electron chi connectivity index (χ3n) is 5.84. The number of non-ortho nitro benzene ring substituents is 1. The topological polar surface area (TPSA) is 136 Å². The first kappa shape index (κ1) is 27.5.